The molecule has 0 aromatic heterocycles. The Balaban J connectivity index is 2.12. The lowest BCUT2D eigenvalue weighted by Crippen LogP contribution is -2.41. The second-order valence-electron chi connectivity index (χ2n) is 6.92. The number of rotatable bonds is 7. The minimum Gasteiger partial charge on any atom is -0.378 e. The van der Waals surface area contributed by atoms with Gasteiger partial charge in [-0.3, -0.25) is 13.9 Å². The minimum absolute atomic E-state index is 0.120. The zero-order chi connectivity index (χ0) is 20.0. The van der Waals surface area contributed by atoms with Gasteiger partial charge in [-0.25, -0.2) is 8.42 Å². The summed E-state index contributed by atoms with van der Waals surface area (Å²) in [6.45, 7) is 6.18. The Morgan fingerprint density at radius 1 is 1.19 bits per heavy atom. The zero-order valence-electron chi connectivity index (χ0n) is 16.0. The average Bonchev–Trinajstić information content (AvgIpc) is 2.64. The first-order chi connectivity index (χ1) is 12.7. The van der Waals surface area contributed by atoms with E-state index in [1.165, 1.54) is 0 Å². The van der Waals surface area contributed by atoms with Crippen LogP contribution in [0.2, 0.25) is 0 Å². The lowest BCUT2D eigenvalue weighted by atomic mass is 10.1. The number of hydrogen-bond acceptors (Lipinski definition) is 5. The van der Waals surface area contributed by atoms with Gasteiger partial charge in [-0.2, -0.15) is 0 Å². The van der Waals surface area contributed by atoms with Crippen LogP contribution in [0.25, 0.3) is 0 Å². The topological polar surface area (TPSA) is 96.0 Å². The van der Waals surface area contributed by atoms with Gasteiger partial charge in [-0.15, -0.1) is 0 Å². The molecule has 8 nitrogen and oxygen atoms in total. The SMILES string of the molecule is CC(C)CNC(=O)CN(c1ccc(C(=O)N2CCOCC2)cc1)S(C)(=O)=O. The summed E-state index contributed by atoms with van der Waals surface area (Å²) in [4.78, 5) is 26.2. The van der Waals surface area contributed by atoms with Gasteiger partial charge in [0.2, 0.25) is 15.9 Å². The predicted molar refractivity (Wildman–Crippen MR) is 103 cm³/mol. The summed E-state index contributed by atoms with van der Waals surface area (Å²) in [5.74, 6) is -0.223. The highest BCUT2D eigenvalue weighted by Crippen LogP contribution is 2.19. The van der Waals surface area contributed by atoms with Crippen molar-refractivity contribution in [1.82, 2.24) is 10.2 Å². The summed E-state index contributed by atoms with van der Waals surface area (Å²) in [5.41, 5.74) is 0.814. The molecule has 27 heavy (non-hydrogen) atoms. The van der Waals surface area contributed by atoms with Crippen molar-refractivity contribution in [3.05, 3.63) is 29.8 Å². The molecule has 1 fully saturated rings. The van der Waals surface area contributed by atoms with Crippen LogP contribution in [0.3, 0.4) is 0 Å². The normalized spacial score (nSPS) is 14.9. The highest BCUT2D eigenvalue weighted by molar-refractivity contribution is 7.92. The number of carbonyl (C=O) groups excluding carboxylic acids is 2. The highest BCUT2D eigenvalue weighted by atomic mass is 32.2. The van der Waals surface area contributed by atoms with E-state index < -0.39 is 10.0 Å². The molecule has 1 aromatic carbocycles. The number of nitrogens with zero attached hydrogens (tertiary/aromatic N) is 2. The fraction of sp³-hybridized carbons (Fsp3) is 0.556. The first-order valence-corrected chi connectivity index (χ1v) is 10.7. The molecule has 1 aromatic rings. The van der Waals surface area contributed by atoms with E-state index in [-0.39, 0.29) is 24.3 Å². The lowest BCUT2D eigenvalue weighted by Gasteiger charge is -2.27. The second kappa shape index (κ2) is 9.18. The van der Waals surface area contributed by atoms with Gasteiger partial charge in [-0.1, -0.05) is 13.8 Å². The van der Waals surface area contributed by atoms with Gasteiger partial charge in [0.05, 0.1) is 25.2 Å². The number of benzene rings is 1. The number of sulfonamides is 1. The molecule has 0 unspecified atom stereocenters. The van der Waals surface area contributed by atoms with Crippen LogP contribution in [0, 0.1) is 5.92 Å². The third kappa shape index (κ3) is 6.21. The largest absolute Gasteiger partial charge is 0.378 e. The van der Waals surface area contributed by atoms with Gasteiger partial charge in [0.15, 0.2) is 0 Å². The molecule has 0 aliphatic carbocycles. The Morgan fingerprint density at radius 2 is 1.78 bits per heavy atom. The van der Waals surface area contributed by atoms with Crippen molar-refractivity contribution in [1.29, 1.82) is 0 Å². The van der Waals surface area contributed by atoms with Crippen LogP contribution in [-0.2, 0) is 19.6 Å². The zero-order valence-corrected chi connectivity index (χ0v) is 16.8. The van der Waals surface area contributed by atoms with Crippen LogP contribution >= 0.6 is 0 Å². The monoisotopic (exact) mass is 397 g/mol. The second-order valence-corrected chi connectivity index (χ2v) is 8.83. The molecule has 1 saturated heterocycles. The number of nitrogens with one attached hydrogen (secondary N) is 1. The highest BCUT2D eigenvalue weighted by Gasteiger charge is 2.22. The Morgan fingerprint density at radius 3 is 2.30 bits per heavy atom. The van der Waals surface area contributed by atoms with E-state index in [0.29, 0.717) is 44.1 Å². The number of carbonyl (C=O) groups is 2. The van der Waals surface area contributed by atoms with E-state index >= 15 is 0 Å². The smallest absolute Gasteiger partial charge is 0.254 e. The average molecular weight is 397 g/mol. The van der Waals surface area contributed by atoms with E-state index in [2.05, 4.69) is 5.32 Å². The van der Waals surface area contributed by atoms with Gasteiger partial charge in [0, 0.05) is 25.2 Å². The van der Waals surface area contributed by atoms with Gasteiger partial charge >= 0.3 is 0 Å². The number of amides is 2. The first-order valence-electron chi connectivity index (χ1n) is 8.90. The third-order valence-corrected chi connectivity index (χ3v) is 5.24. The van der Waals surface area contributed by atoms with Gasteiger partial charge in [-0.05, 0) is 30.2 Å². The Hall–Kier alpha value is -2.13. The molecule has 0 bridgehead atoms. The number of hydrogen-bond donors (Lipinski definition) is 1. The summed E-state index contributed by atoms with van der Waals surface area (Å²) in [6.07, 6.45) is 1.05. The first kappa shape index (κ1) is 21.2. The molecule has 2 amide bonds. The summed E-state index contributed by atoms with van der Waals surface area (Å²) in [7, 11) is -3.64. The number of anilines is 1. The molecule has 150 valence electrons. The predicted octanol–water partition coefficient (Wildman–Crippen LogP) is 0.697. The van der Waals surface area contributed by atoms with Crippen molar-refractivity contribution in [3.63, 3.8) is 0 Å². The molecule has 1 aliphatic rings. The molecule has 1 N–H and O–H groups in total. The summed E-state index contributed by atoms with van der Waals surface area (Å²) in [6, 6.07) is 6.25. The van der Waals surface area contributed by atoms with Crippen LogP contribution in [0.15, 0.2) is 24.3 Å². The minimum atomic E-state index is -3.64. The van der Waals surface area contributed by atoms with Gasteiger partial charge in [0.1, 0.15) is 6.54 Å². The van der Waals surface area contributed by atoms with E-state index in [1.54, 1.807) is 29.2 Å². The molecule has 0 saturated carbocycles. The van der Waals surface area contributed by atoms with Crippen LogP contribution in [0.1, 0.15) is 24.2 Å². The summed E-state index contributed by atoms with van der Waals surface area (Å²) < 4.78 is 30.5. The van der Waals surface area contributed by atoms with E-state index in [1.807, 2.05) is 13.8 Å². The number of morpholine rings is 1. The van der Waals surface area contributed by atoms with Crippen LogP contribution in [0.4, 0.5) is 5.69 Å². The van der Waals surface area contributed by atoms with Gasteiger partial charge in [0.25, 0.3) is 5.91 Å². The molecular weight excluding hydrogens is 370 g/mol. The molecule has 0 radical (unpaired) electrons. The fourth-order valence-corrected chi connectivity index (χ4v) is 3.48. The van der Waals surface area contributed by atoms with E-state index in [4.69, 9.17) is 4.74 Å². The van der Waals surface area contributed by atoms with Crippen molar-refractivity contribution in [3.8, 4) is 0 Å². The van der Waals surface area contributed by atoms with Crippen molar-refractivity contribution < 1.29 is 22.7 Å². The van der Waals surface area contributed by atoms with Gasteiger partial charge < -0.3 is 15.0 Å². The van der Waals surface area contributed by atoms with Crippen molar-refractivity contribution in [2.45, 2.75) is 13.8 Å². The van der Waals surface area contributed by atoms with Crippen molar-refractivity contribution in [2.75, 3.05) is 50.0 Å². The molecule has 0 spiro atoms. The summed E-state index contributed by atoms with van der Waals surface area (Å²) in [5, 5.41) is 2.71. The Kier molecular flexibility index (Phi) is 7.20. The third-order valence-electron chi connectivity index (χ3n) is 4.10. The lowest BCUT2D eigenvalue weighted by molar-refractivity contribution is -0.119. The van der Waals surface area contributed by atoms with Crippen LogP contribution < -0.4 is 9.62 Å². The standard InChI is InChI=1S/C18H27N3O5S/c1-14(2)12-19-17(22)13-21(27(3,24)25)16-6-4-15(5-7-16)18(23)20-8-10-26-11-9-20/h4-7,14H,8-13H2,1-3H3,(H,19,22). The fourth-order valence-electron chi connectivity index (χ4n) is 2.62. The molecule has 2 rings (SSSR count). The molecule has 1 heterocycles. The maximum absolute atomic E-state index is 12.5. The van der Waals surface area contributed by atoms with E-state index in [0.717, 1.165) is 10.6 Å². The van der Waals surface area contributed by atoms with E-state index in [9.17, 15) is 18.0 Å². The summed E-state index contributed by atoms with van der Waals surface area (Å²) >= 11 is 0. The molecule has 9 heteroatoms. The Labute approximate surface area is 160 Å². The molecule has 1 aliphatic heterocycles. The molecular formula is C18H27N3O5S. The quantitative estimate of drug-likeness (QED) is 0.731. The van der Waals surface area contributed by atoms with Crippen LogP contribution in [-0.4, -0.2) is 70.8 Å². The Bertz CT molecular complexity index is 756. The van der Waals surface area contributed by atoms with Crippen LogP contribution in [0.5, 0.6) is 0 Å². The number of ether oxygens (including phenoxy) is 1. The maximum atomic E-state index is 12.5. The molecule has 0 atom stereocenters. The van der Waals surface area contributed by atoms with Crippen molar-refractivity contribution in [2.24, 2.45) is 5.92 Å². The van der Waals surface area contributed by atoms with Crippen molar-refractivity contribution >= 4 is 27.5 Å². The maximum Gasteiger partial charge on any atom is 0.254 e.